The minimum Gasteiger partial charge on any atom is -0.392 e. The number of thiazole rings is 1. The lowest BCUT2D eigenvalue weighted by molar-refractivity contribution is -0.121. The van der Waals surface area contributed by atoms with Gasteiger partial charge < -0.3 is 11.1 Å². The minimum atomic E-state index is -0.811. The van der Waals surface area contributed by atoms with Crippen LogP contribution in [0.1, 0.15) is 26.0 Å². The lowest BCUT2D eigenvalue weighted by Crippen LogP contribution is -2.43. The maximum Gasteiger partial charge on any atom is 0.238 e. The number of carbonyl (C=O) groups excluding carboxylic acids is 1. The van der Waals surface area contributed by atoms with E-state index in [1.807, 2.05) is 19.2 Å². The quantitative estimate of drug-likeness (QED) is 0.810. The largest absolute Gasteiger partial charge is 0.392 e. The van der Waals surface area contributed by atoms with Crippen LogP contribution in [0.3, 0.4) is 0 Å². The minimum absolute atomic E-state index is 0.197. The summed E-state index contributed by atoms with van der Waals surface area (Å²) in [6, 6.07) is 0. The fourth-order valence-electron chi connectivity index (χ4n) is 1.09. The predicted octanol–water partition coefficient (Wildman–Crippen LogP) is 2.09. The van der Waals surface area contributed by atoms with E-state index in [0.717, 1.165) is 5.69 Å². The van der Waals surface area contributed by atoms with Crippen LogP contribution in [-0.4, -0.2) is 15.9 Å². The van der Waals surface area contributed by atoms with Crippen molar-refractivity contribution in [1.29, 1.82) is 0 Å². The molecule has 3 N–H and O–H groups in total. The second kappa shape index (κ2) is 4.88. The fourth-order valence-corrected chi connectivity index (χ4v) is 2.01. The summed E-state index contributed by atoms with van der Waals surface area (Å²) in [5.41, 5.74) is 5.67. The molecule has 0 aliphatic heterocycles. The Morgan fingerprint density at radius 2 is 2.38 bits per heavy atom. The molecule has 0 bridgehead atoms. The summed E-state index contributed by atoms with van der Waals surface area (Å²) in [6.45, 7) is 5.50. The maximum absolute atomic E-state index is 12.0. The molecule has 0 radical (unpaired) electrons. The Balaban J connectivity index is 2.82. The second-order valence-electron chi connectivity index (χ2n) is 3.80. The van der Waals surface area contributed by atoms with Gasteiger partial charge in [-0.3, -0.25) is 4.79 Å². The molecular formula is C10H15N3OS2. The third-order valence-corrected chi connectivity index (χ3v) is 3.92. The molecule has 16 heavy (non-hydrogen) atoms. The molecule has 6 heteroatoms. The van der Waals surface area contributed by atoms with Crippen LogP contribution in [0.15, 0.2) is 5.38 Å². The Morgan fingerprint density at radius 1 is 1.75 bits per heavy atom. The number of amides is 1. The van der Waals surface area contributed by atoms with Crippen molar-refractivity contribution in [3.05, 3.63) is 11.1 Å². The molecule has 0 aromatic carbocycles. The number of hydrogen-bond donors (Lipinski definition) is 2. The Hall–Kier alpha value is -1.01. The molecule has 1 amide bonds. The molecule has 1 aromatic heterocycles. The molecule has 0 aliphatic rings. The van der Waals surface area contributed by atoms with Gasteiger partial charge in [-0.1, -0.05) is 19.1 Å². The highest BCUT2D eigenvalue weighted by molar-refractivity contribution is 7.80. The number of nitrogens with zero attached hydrogens (tertiary/aromatic N) is 1. The first-order chi connectivity index (χ1) is 7.40. The van der Waals surface area contributed by atoms with Gasteiger partial charge in [-0.15, -0.1) is 11.3 Å². The van der Waals surface area contributed by atoms with Crippen LogP contribution in [0.25, 0.3) is 0 Å². The van der Waals surface area contributed by atoms with E-state index < -0.39 is 5.41 Å². The molecule has 4 nitrogen and oxygen atoms in total. The van der Waals surface area contributed by atoms with E-state index >= 15 is 0 Å². The molecule has 1 atom stereocenters. The molecule has 88 valence electrons. The monoisotopic (exact) mass is 257 g/mol. The van der Waals surface area contributed by atoms with Gasteiger partial charge in [-0.25, -0.2) is 4.98 Å². The zero-order valence-electron chi connectivity index (χ0n) is 9.53. The standard InChI is InChI=1S/C10H15N3OS2/c1-4-10(3,7(11)15)8(14)13-9-12-6(2)5-16-9/h5H,4H2,1-3H3,(H2,11,15)(H,12,13,14). The van der Waals surface area contributed by atoms with Crippen LogP contribution in [0, 0.1) is 12.3 Å². The van der Waals surface area contributed by atoms with Crippen molar-refractivity contribution in [3.8, 4) is 0 Å². The van der Waals surface area contributed by atoms with Crippen molar-refractivity contribution < 1.29 is 4.79 Å². The molecule has 0 saturated heterocycles. The second-order valence-corrected chi connectivity index (χ2v) is 5.10. The first kappa shape index (κ1) is 13.1. The van der Waals surface area contributed by atoms with Crippen LogP contribution >= 0.6 is 23.6 Å². The number of hydrogen-bond acceptors (Lipinski definition) is 4. The summed E-state index contributed by atoms with van der Waals surface area (Å²) in [6.07, 6.45) is 0.568. The highest BCUT2D eigenvalue weighted by Crippen LogP contribution is 2.25. The number of nitrogens with two attached hydrogens (primary N) is 1. The Bertz CT molecular complexity index is 416. The van der Waals surface area contributed by atoms with Crippen LogP contribution in [0.4, 0.5) is 5.13 Å². The van der Waals surface area contributed by atoms with Crippen molar-refractivity contribution in [2.45, 2.75) is 27.2 Å². The first-order valence-electron chi connectivity index (χ1n) is 4.93. The van der Waals surface area contributed by atoms with E-state index in [1.54, 1.807) is 6.92 Å². The van der Waals surface area contributed by atoms with Gasteiger partial charge in [0.2, 0.25) is 5.91 Å². The number of anilines is 1. The summed E-state index contributed by atoms with van der Waals surface area (Å²) in [5.74, 6) is -0.197. The molecule has 1 rings (SSSR count). The fraction of sp³-hybridized carbons (Fsp3) is 0.500. The molecular weight excluding hydrogens is 242 g/mol. The Kier molecular flexibility index (Phi) is 3.98. The molecule has 1 aromatic rings. The third-order valence-electron chi connectivity index (χ3n) is 2.59. The van der Waals surface area contributed by atoms with Gasteiger partial charge >= 0.3 is 0 Å². The molecule has 0 spiro atoms. The van der Waals surface area contributed by atoms with Crippen molar-refractivity contribution in [3.63, 3.8) is 0 Å². The number of aromatic nitrogens is 1. The van der Waals surface area contributed by atoms with Gasteiger partial charge in [-0.05, 0) is 20.3 Å². The van der Waals surface area contributed by atoms with Gasteiger partial charge in [0.25, 0.3) is 0 Å². The first-order valence-corrected chi connectivity index (χ1v) is 6.22. The van der Waals surface area contributed by atoms with Crippen molar-refractivity contribution >= 4 is 39.6 Å². The SMILES string of the molecule is CCC(C)(C(=O)Nc1nc(C)cs1)C(N)=S. The van der Waals surface area contributed by atoms with Crippen molar-refractivity contribution in [1.82, 2.24) is 4.98 Å². The highest BCUT2D eigenvalue weighted by Gasteiger charge is 2.34. The van der Waals surface area contributed by atoms with E-state index in [2.05, 4.69) is 10.3 Å². The smallest absolute Gasteiger partial charge is 0.238 e. The van der Waals surface area contributed by atoms with Crippen LogP contribution in [0.2, 0.25) is 0 Å². The highest BCUT2D eigenvalue weighted by atomic mass is 32.1. The Morgan fingerprint density at radius 3 is 2.75 bits per heavy atom. The van der Waals surface area contributed by atoms with Gasteiger partial charge in [0.15, 0.2) is 5.13 Å². The zero-order valence-corrected chi connectivity index (χ0v) is 11.2. The lowest BCUT2D eigenvalue weighted by atomic mass is 9.86. The molecule has 0 fully saturated rings. The number of carbonyl (C=O) groups is 1. The maximum atomic E-state index is 12.0. The molecule has 1 heterocycles. The Labute approximate surface area is 104 Å². The molecule has 1 unspecified atom stereocenters. The average molecular weight is 257 g/mol. The number of nitrogens with one attached hydrogen (secondary N) is 1. The van der Waals surface area contributed by atoms with E-state index in [9.17, 15) is 4.79 Å². The van der Waals surface area contributed by atoms with Crippen LogP contribution < -0.4 is 11.1 Å². The third kappa shape index (κ3) is 2.56. The number of thiocarbonyl (C=S) groups is 1. The van der Waals surface area contributed by atoms with Crippen LogP contribution in [0.5, 0.6) is 0 Å². The lowest BCUT2D eigenvalue weighted by Gasteiger charge is -2.24. The normalized spacial score (nSPS) is 14.2. The van der Waals surface area contributed by atoms with Gasteiger partial charge in [0.1, 0.15) is 0 Å². The summed E-state index contributed by atoms with van der Waals surface area (Å²) in [5, 5.41) is 5.19. The van der Waals surface area contributed by atoms with Crippen molar-refractivity contribution in [2.24, 2.45) is 11.1 Å². The van der Waals surface area contributed by atoms with E-state index in [0.29, 0.717) is 11.6 Å². The topological polar surface area (TPSA) is 68.0 Å². The van der Waals surface area contributed by atoms with E-state index in [4.69, 9.17) is 18.0 Å². The summed E-state index contributed by atoms with van der Waals surface area (Å²) in [7, 11) is 0. The number of rotatable bonds is 4. The summed E-state index contributed by atoms with van der Waals surface area (Å²) < 4.78 is 0. The van der Waals surface area contributed by atoms with Gasteiger partial charge in [0.05, 0.1) is 16.1 Å². The van der Waals surface area contributed by atoms with E-state index in [-0.39, 0.29) is 10.9 Å². The van der Waals surface area contributed by atoms with Gasteiger partial charge in [-0.2, -0.15) is 0 Å². The van der Waals surface area contributed by atoms with Crippen molar-refractivity contribution in [2.75, 3.05) is 5.32 Å². The predicted molar refractivity (Wildman–Crippen MR) is 70.7 cm³/mol. The zero-order chi connectivity index (χ0) is 12.3. The van der Waals surface area contributed by atoms with E-state index in [1.165, 1.54) is 11.3 Å². The molecule has 0 saturated carbocycles. The van der Waals surface area contributed by atoms with Gasteiger partial charge in [0, 0.05) is 5.38 Å². The molecule has 0 aliphatic carbocycles. The number of aryl methyl sites for hydroxylation is 1. The van der Waals surface area contributed by atoms with Crippen LogP contribution in [-0.2, 0) is 4.79 Å². The summed E-state index contributed by atoms with van der Waals surface area (Å²) >= 11 is 6.32. The average Bonchev–Trinajstić information content (AvgIpc) is 2.62. The summed E-state index contributed by atoms with van der Waals surface area (Å²) in [4.78, 5) is 16.4.